The Balaban J connectivity index is 1.78. The monoisotopic (exact) mass is 285 g/mol. The van der Waals surface area contributed by atoms with Gasteiger partial charge in [-0.15, -0.1) is 16.9 Å². The van der Waals surface area contributed by atoms with Gasteiger partial charge in [-0.3, -0.25) is 14.9 Å². The molecule has 1 aliphatic carbocycles. The molecule has 1 atom stereocenters. The fourth-order valence-electron chi connectivity index (χ4n) is 1.48. The van der Waals surface area contributed by atoms with Gasteiger partial charge in [0.15, 0.2) is 0 Å². The van der Waals surface area contributed by atoms with Crippen molar-refractivity contribution in [3.8, 4) is 0 Å². The van der Waals surface area contributed by atoms with E-state index in [1.165, 1.54) is 0 Å². The molecule has 1 aliphatic rings. The van der Waals surface area contributed by atoms with Gasteiger partial charge >= 0.3 is 12.0 Å². The molecule has 1 unspecified atom stereocenters. The number of hydrogen-bond donors (Lipinski definition) is 2. The number of amides is 1. The van der Waals surface area contributed by atoms with E-state index in [0.29, 0.717) is 18.2 Å². The minimum Gasteiger partial charge on any atom is -0.480 e. The van der Waals surface area contributed by atoms with Crippen molar-refractivity contribution in [1.29, 1.82) is 0 Å². The van der Waals surface area contributed by atoms with Crippen LogP contribution in [0.4, 0.5) is 6.01 Å². The Hall–Kier alpha value is -1.57. The number of carboxylic acids is 1. The lowest BCUT2D eigenvalue weighted by molar-refractivity contribution is -0.136. The first kappa shape index (κ1) is 13.9. The first-order valence-electron chi connectivity index (χ1n) is 6.07. The van der Waals surface area contributed by atoms with Crippen LogP contribution in [0.3, 0.4) is 0 Å². The van der Waals surface area contributed by atoms with Crippen molar-refractivity contribution in [2.24, 2.45) is 0 Å². The first-order valence-corrected chi connectivity index (χ1v) is 7.12. The van der Waals surface area contributed by atoms with Gasteiger partial charge in [0.1, 0.15) is 5.25 Å². The number of rotatable bonds is 7. The largest absolute Gasteiger partial charge is 0.480 e. The Kier molecular flexibility index (Phi) is 4.41. The Morgan fingerprint density at radius 2 is 2.26 bits per heavy atom. The van der Waals surface area contributed by atoms with Crippen molar-refractivity contribution < 1.29 is 19.1 Å². The van der Waals surface area contributed by atoms with E-state index in [-0.39, 0.29) is 17.7 Å². The third kappa shape index (κ3) is 3.95. The predicted molar refractivity (Wildman–Crippen MR) is 69.1 cm³/mol. The lowest BCUT2D eigenvalue weighted by Gasteiger charge is -2.07. The van der Waals surface area contributed by atoms with Gasteiger partial charge in [0.2, 0.25) is 11.8 Å². The molecule has 19 heavy (non-hydrogen) atoms. The second-order valence-corrected chi connectivity index (χ2v) is 5.51. The van der Waals surface area contributed by atoms with Crippen LogP contribution in [0.15, 0.2) is 4.42 Å². The predicted octanol–water partition coefficient (Wildman–Crippen LogP) is 1.48. The first-order chi connectivity index (χ1) is 9.10. The van der Waals surface area contributed by atoms with Crippen molar-refractivity contribution in [3.63, 3.8) is 0 Å². The van der Waals surface area contributed by atoms with Crippen molar-refractivity contribution in [2.45, 2.75) is 37.4 Å². The number of carbonyl (C=O) groups is 2. The van der Waals surface area contributed by atoms with Crippen LogP contribution in [-0.4, -0.2) is 38.2 Å². The second-order valence-electron chi connectivity index (χ2n) is 4.31. The van der Waals surface area contributed by atoms with Gasteiger partial charge in [-0.05, 0) is 19.3 Å². The number of carboxylic acid groups (broad SMARTS) is 1. The number of aliphatic carboxylic acids is 1. The van der Waals surface area contributed by atoms with E-state index in [0.717, 1.165) is 24.6 Å². The number of anilines is 1. The maximum Gasteiger partial charge on any atom is 0.322 e. The molecule has 104 valence electrons. The summed E-state index contributed by atoms with van der Waals surface area (Å²) < 4.78 is 5.28. The third-order valence-electron chi connectivity index (χ3n) is 2.68. The molecule has 0 saturated heterocycles. The van der Waals surface area contributed by atoms with Crippen LogP contribution < -0.4 is 5.32 Å². The highest BCUT2D eigenvalue weighted by molar-refractivity contribution is 8.01. The molecule has 1 amide bonds. The molecule has 0 aliphatic heterocycles. The summed E-state index contributed by atoms with van der Waals surface area (Å²) >= 11 is 1.08. The minimum atomic E-state index is -0.908. The van der Waals surface area contributed by atoms with Gasteiger partial charge in [-0.25, -0.2) is 0 Å². The van der Waals surface area contributed by atoms with Crippen LogP contribution in [0.2, 0.25) is 0 Å². The lowest BCUT2D eigenvalue weighted by Crippen LogP contribution is -2.21. The van der Waals surface area contributed by atoms with Gasteiger partial charge in [0, 0.05) is 5.92 Å². The van der Waals surface area contributed by atoms with E-state index in [1.54, 1.807) is 6.92 Å². The minimum absolute atomic E-state index is 0.0476. The van der Waals surface area contributed by atoms with Crippen molar-refractivity contribution >= 4 is 29.7 Å². The molecule has 1 saturated carbocycles. The van der Waals surface area contributed by atoms with E-state index in [2.05, 4.69) is 15.5 Å². The zero-order valence-electron chi connectivity index (χ0n) is 10.5. The average Bonchev–Trinajstić information content (AvgIpc) is 3.11. The van der Waals surface area contributed by atoms with Crippen LogP contribution in [0.1, 0.15) is 38.0 Å². The maximum atomic E-state index is 11.6. The molecule has 0 radical (unpaired) electrons. The molecule has 1 aromatic heterocycles. The third-order valence-corrected chi connectivity index (χ3v) is 4.04. The summed E-state index contributed by atoms with van der Waals surface area (Å²) in [6.45, 7) is 1.77. The van der Waals surface area contributed by atoms with Crippen molar-refractivity contribution in [2.75, 3.05) is 11.1 Å². The molecule has 1 heterocycles. The second kappa shape index (κ2) is 6.05. The Labute approximate surface area is 114 Å². The standard InChI is InChI=1S/C11H15N3O4S/c1-2-7(10(16)17)19-5-8(15)12-11-14-13-9(18-11)6-3-4-6/h6-7H,2-5H2,1H3,(H,16,17)(H,12,14,15). The zero-order chi connectivity index (χ0) is 13.8. The Morgan fingerprint density at radius 3 is 2.84 bits per heavy atom. The highest BCUT2D eigenvalue weighted by Crippen LogP contribution is 2.39. The normalized spacial score (nSPS) is 16.1. The summed E-state index contributed by atoms with van der Waals surface area (Å²) in [5.41, 5.74) is 0. The number of thioether (sulfide) groups is 1. The van der Waals surface area contributed by atoms with Gasteiger partial charge in [-0.2, -0.15) is 0 Å². The SMILES string of the molecule is CCC(SCC(=O)Nc1nnc(C2CC2)o1)C(=O)O. The quantitative estimate of drug-likeness (QED) is 0.781. The molecule has 1 fully saturated rings. The molecule has 2 N–H and O–H groups in total. The van der Waals surface area contributed by atoms with Crippen LogP contribution in [0.5, 0.6) is 0 Å². The molecule has 0 spiro atoms. The zero-order valence-corrected chi connectivity index (χ0v) is 11.3. The average molecular weight is 285 g/mol. The van der Waals surface area contributed by atoms with Crippen LogP contribution in [0.25, 0.3) is 0 Å². The number of nitrogens with one attached hydrogen (secondary N) is 1. The van der Waals surface area contributed by atoms with Gasteiger partial charge in [0.05, 0.1) is 5.75 Å². The number of carbonyl (C=O) groups excluding carboxylic acids is 1. The van der Waals surface area contributed by atoms with E-state index >= 15 is 0 Å². The summed E-state index contributed by atoms with van der Waals surface area (Å²) in [6, 6.07) is 0.0795. The molecule has 0 aromatic carbocycles. The Bertz CT molecular complexity index is 472. The molecule has 8 heteroatoms. The molecule has 1 aromatic rings. The van der Waals surface area contributed by atoms with Crippen LogP contribution in [0, 0.1) is 0 Å². The lowest BCUT2D eigenvalue weighted by atomic mass is 10.3. The summed E-state index contributed by atoms with van der Waals surface area (Å²) in [5.74, 6) is -0.305. The molecule has 0 bridgehead atoms. The summed E-state index contributed by atoms with van der Waals surface area (Å²) in [6.07, 6.45) is 2.56. The van der Waals surface area contributed by atoms with E-state index in [9.17, 15) is 9.59 Å². The smallest absolute Gasteiger partial charge is 0.322 e. The van der Waals surface area contributed by atoms with E-state index in [1.807, 2.05) is 0 Å². The molecular formula is C11H15N3O4S. The number of aromatic nitrogens is 2. The fourth-order valence-corrected chi connectivity index (χ4v) is 2.28. The molecular weight excluding hydrogens is 270 g/mol. The summed E-state index contributed by atoms with van der Waals surface area (Å²) in [4.78, 5) is 22.4. The molecule has 2 rings (SSSR count). The summed E-state index contributed by atoms with van der Waals surface area (Å²) in [5, 5.41) is 18.3. The van der Waals surface area contributed by atoms with Gasteiger partial charge in [-0.1, -0.05) is 12.0 Å². The fraction of sp³-hybridized carbons (Fsp3) is 0.636. The van der Waals surface area contributed by atoms with Crippen molar-refractivity contribution in [1.82, 2.24) is 10.2 Å². The van der Waals surface area contributed by atoms with Crippen LogP contribution in [-0.2, 0) is 9.59 Å². The van der Waals surface area contributed by atoms with Crippen molar-refractivity contribution in [3.05, 3.63) is 5.89 Å². The van der Waals surface area contributed by atoms with Gasteiger partial charge < -0.3 is 9.52 Å². The summed E-state index contributed by atoms with van der Waals surface area (Å²) in [7, 11) is 0. The molecule has 7 nitrogen and oxygen atoms in total. The number of nitrogens with zero attached hydrogens (tertiary/aromatic N) is 2. The van der Waals surface area contributed by atoms with Crippen LogP contribution >= 0.6 is 11.8 Å². The number of hydrogen-bond acceptors (Lipinski definition) is 6. The maximum absolute atomic E-state index is 11.6. The Morgan fingerprint density at radius 1 is 1.53 bits per heavy atom. The van der Waals surface area contributed by atoms with Gasteiger partial charge in [0.25, 0.3) is 0 Å². The topological polar surface area (TPSA) is 105 Å². The highest BCUT2D eigenvalue weighted by atomic mass is 32.2. The van der Waals surface area contributed by atoms with E-state index < -0.39 is 11.2 Å². The van der Waals surface area contributed by atoms with E-state index in [4.69, 9.17) is 9.52 Å². The highest BCUT2D eigenvalue weighted by Gasteiger charge is 2.29.